The van der Waals surface area contributed by atoms with Gasteiger partial charge in [0.2, 0.25) is 0 Å². The van der Waals surface area contributed by atoms with Crippen LogP contribution in [-0.4, -0.2) is 49.0 Å². The quantitative estimate of drug-likeness (QED) is 0.501. The number of ether oxygens (including phenoxy) is 2. The van der Waals surface area contributed by atoms with Gasteiger partial charge in [-0.2, -0.15) is 0 Å². The van der Waals surface area contributed by atoms with Crippen molar-refractivity contribution >= 4 is 20.0 Å². The Balaban J connectivity index is 1.98. The summed E-state index contributed by atoms with van der Waals surface area (Å²) in [5.74, 6) is -3.32. The molecule has 1 fully saturated rings. The molecule has 3 aliphatic carbocycles. The standard InChI is InChI=1S/C23H34O6Si/c1-6-9-28-22(26)19-18(21(25)29-10-11-30(3,4)5)17-13-23(2,27)20(19)16-12-14(24)7-8-15(16)17/h7-8,12,17-20,24,27H,6,9-11,13H2,1-5H3. The Kier molecular flexibility index (Phi) is 6.34. The van der Waals surface area contributed by atoms with Crippen molar-refractivity contribution in [1.82, 2.24) is 0 Å². The molecule has 166 valence electrons. The van der Waals surface area contributed by atoms with Gasteiger partial charge in [-0.1, -0.05) is 32.6 Å². The summed E-state index contributed by atoms with van der Waals surface area (Å²) in [6.45, 7) is 10.9. The van der Waals surface area contributed by atoms with Gasteiger partial charge in [0, 0.05) is 19.9 Å². The molecular weight excluding hydrogens is 400 g/mol. The highest BCUT2D eigenvalue weighted by molar-refractivity contribution is 6.76. The molecule has 0 aliphatic heterocycles. The number of aliphatic hydroxyl groups is 1. The monoisotopic (exact) mass is 434 g/mol. The highest BCUT2D eigenvalue weighted by Gasteiger charge is 2.61. The molecule has 2 bridgehead atoms. The Labute approximate surface area is 179 Å². The van der Waals surface area contributed by atoms with E-state index in [0.29, 0.717) is 19.4 Å². The maximum Gasteiger partial charge on any atom is 0.310 e. The van der Waals surface area contributed by atoms with Crippen molar-refractivity contribution < 1.29 is 29.3 Å². The van der Waals surface area contributed by atoms with E-state index in [-0.39, 0.29) is 18.3 Å². The summed E-state index contributed by atoms with van der Waals surface area (Å²) in [5.41, 5.74) is 0.438. The Morgan fingerprint density at radius 1 is 1.10 bits per heavy atom. The van der Waals surface area contributed by atoms with E-state index in [1.807, 2.05) is 6.92 Å². The van der Waals surface area contributed by atoms with Crippen LogP contribution >= 0.6 is 0 Å². The van der Waals surface area contributed by atoms with Crippen molar-refractivity contribution in [3.63, 3.8) is 0 Å². The van der Waals surface area contributed by atoms with Crippen LogP contribution in [-0.2, 0) is 19.1 Å². The van der Waals surface area contributed by atoms with Gasteiger partial charge in [-0.3, -0.25) is 9.59 Å². The summed E-state index contributed by atoms with van der Waals surface area (Å²) in [6.07, 6.45) is 1.03. The van der Waals surface area contributed by atoms with Crippen LogP contribution in [0, 0.1) is 11.8 Å². The molecule has 1 saturated carbocycles. The predicted octanol–water partition coefficient (Wildman–Crippen LogP) is 3.79. The highest BCUT2D eigenvalue weighted by Crippen LogP contribution is 2.60. The molecule has 0 radical (unpaired) electrons. The maximum absolute atomic E-state index is 13.2. The lowest BCUT2D eigenvalue weighted by Crippen LogP contribution is -2.57. The third kappa shape index (κ3) is 4.42. The Morgan fingerprint density at radius 3 is 2.37 bits per heavy atom. The van der Waals surface area contributed by atoms with Crippen molar-refractivity contribution in [2.24, 2.45) is 11.8 Å². The summed E-state index contributed by atoms with van der Waals surface area (Å²) < 4.78 is 11.1. The predicted molar refractivity (Wildman–Crippen MR) is 116 cm³/mol. The van der Waals surface area contributed by atoms with Crippen LogP contribution in [0.2, 0.25) is 25.7 Å². The number of hydrogen-bond donors (Lipinski definition) is 2. The Bertz CT molecular complexity index is 812. The van der Waals surface area contributed by atoms with Crippen LogP contribution in [0.5, 0.6) is 5.75 Å². The first-order valence-electron chi connectivity index (χ1n) is 10.8. The molecule has 0 saturated heterocycles. The second-order valence-electron chi connectivity index (χ2n) is 10.2. The van der Waals surface area contributed by atoms with Gasteiger partial charge < -0.3 is 19.7 Å². The zero-order chi connectivity index (χ0) is 22.3. The molecule has 0 amide bonds. The third-order valence-corrected chi connectivity index (χ3v) is 8.08. The van der Waals surface area contributed by atoms with Gasteiger partial charge in [-0.05, 0) is 49.1 Å². The van der Waals surface area contributed by atoms with Crippen LogP contribution in [0.1, 0.15) is 49.7 Å². The summed E-state index contributed by atoms with van der Waals surface area (Å²) in [5, 5.41) is 21.2. The largest absolute Gasteiger partial charge is 0.508 e. The fraction of sp³-hybridized carbons (Fsp3) is 0.652. The molecular formula is C23H34O6Si. The number of rotatable bonds is 7. The number of carbonyl (C=O) groups is 2. The van der Waals surface area contributed by atoms with Gasteiger partial charge in [0.05, 0.1) is 30.7 Å². The summed E-state index contributed by atoms with van der Waals surface area (Å²) in [7, 11) is -1.37. The fourth-order valence-corrected chi connectivity index (χ4v) is 5.71. The Hall–Kier alpha value is -1.86. The van der Waals surface area contributed by atoms with Crippen molar-refractivity contribution in [1.29, 1.82) is 0 Å². The molecule has 3 aliphatic rings. The lowest BCUT2D eigenvalue weighted by Gasteiger charge is -2.54. The number of hydrogen-bond acceptors (Lipinski definition) is 6. The number of esters is 2. The zero-order valence-corrected chi connectivity index (χ0v) is 19.6. The number of aromatic hydroxyl groups is 1. The fourth-order valence-electron chi connectivity index (χ4n) is 4.99. The van der Waals surface area contributed by atoms with E-state index in [2.05, 4.69) is 19.6 Å². The lowest BCUT2D eigenvalue weighted by molar-refractivity contribution is -0.174. The summed E-state index contributed by atoms with van der Waals surface area (Å²) >= 11 is 0. The summed E-state index contributed by atoms with van der Waals surface area (Å²) in [4.78, 5) is 26.3. The van der Waals surface area contributed by atoms with E-state index in [0.717, 1.165) is 17.2 Å². The van der Waals surface area contributed by atoms with Gasteiger partial charge in [0.1, 0.15) is 5.75 Å². The van der Waals surface area contributed by atoms with E-state index in [1.165, 1.54) is 0 Å². The number of phenolic OH excluding ortho intramolecular Hbond substituents is 1. The number of carbonyl (C=O) groups excluding carboxylic acids is 2. The second-order valence-corrected chi connectivity index (χ2v) is 15.8. The van der Waals surface area contributed by atoms with Gasteiger partial charge >= 0.3 is 11.9 Å². The summed E-state index contributed by atoms with van der Waals surface area (Å²) in [6, 6.07) is 5.85. The molecule has 6 nitrogen and oxygen atoms in total. The Morgan fingerprint density at radius 2 is 1.73 bits per heavy atom. The minimum atomic E-state index is -1.37. The second kappa shape index (κ2) is 8.34. The van der Waals surface area contributed by atoms with Crippen molar-refractivity contribution in [3.05, 3.63) is 29.3 Å². The molecule has 0 heterocycles. The van der Waals surface area contributed by atoms with Crippen LogP contribution in [0.4, 0.5) is 0 Å². The number of fused-ring (bicyclic) bond motifs is 2. The molecule has 5 atom stereocenters. The zero-order valence-electron chi connectivity index (χ0n) is 18.6. The van der Waals surface area contributed by atoms with Crippen molar-refractivity contribution in [2.75, 3.05) is 13.2 Å². The molecule has 2 N–H and O–H groups in total. The molecule has 4 rings (SSSR count). The molecule has 1 aromatic carbocycles. The first kappa shape index (κ1) is 22.8. The molecule has 1 aromatic rings. The third-order valence-electron chi connectivity index (χ3n) is 6.38. The SMILES string of the molecule is CCCOC(=O)C1C(C(=O)OCC[Si](C)(C)C)C2CC(C)(O)C1c1cc(O)ccc12. The first-order chi connectivity index (χ1) is 14.0. The molecule has 7 heteroatoms. The van der Waals surface area contributed by atoms with E-state index in [1.54, 1.807) is 25.1 Å². The number of benzene rings is 1. The molecule has 0 aromatic heterocycles. The normalized spacial score (nSPS) is 29.9. The van der Waals surface area contributed by atoms with E-state index < -0.39 is 43.4 Å². The van der Waals surface area contributed by atoms with Gasteiger partial charge in [-0.15, -0.1) is 0 Å². The van der Waals surface area contributed by atoms with Crippen LogP contribution in [0.25, 0.3) is 0 Å². The van der Waals surface area contributed by atoms with Gasteiger partial charge in [0.15, 0.2) is 0 Å². The van der Waals surface area contributed by atoms with Crippen LogP contribution in [0.3, 0.4) is 0 Å². The minimum absolute atomic E-state index is 0.0760. The minimum Gasteiger partial charge on any atom is -0.508 e. The van der Waals surface area contributed by atoms with Crippen molar-refractivity contribution in [3.8, 4) is 5.75 Å². The van der Waals surface area contributed by atoms with Crippen LogP contribution in [0.15, 0.2) is 18.2 Å². The van der Waals surface area contributed by atoms with Crippen molar-refractivity contribution in [2.45, 2.75) is 69.8 Å². The maximum atomic E-state index is 13.2. The van der Waals surface area contributed by atoms with Crippen LogP contribution < -0.4 is 0 Å². The van der Waals surface area contributed by atoms with E-state index in [4.69, 9.17) is 9.47 Å². The smallest absolute Gasteiger partial charge is 0.310 e. The molecule has 5 unspecified atom stereocenters. The van der Waals surface area contributed by atoms with Gasteiger partial charge in [-0.25, -0.2) is 0 Å². The average Bonchev–Trinajstić information content (AvgIpc) is 2.63. The van der Waals surface area contributed by atoms with E-state index >= 15 is 0 Å². The topological polar surface area (TPSA) is 93.1 Å². The first-order valence-corrected chi connectivity index (χ1v) is 14.6. The van der Waals surface area contributed by atoms with E-state index in [9.17, 15) is 19.8 Å². The number of phenols is 1. The van der Waals surface area contributed by atoms with Gasteiger partial charge in [0.25, 0.3) is 0 Å². The lowest BCUT2D eigenvalue weighted by atomic mass is 9.51. The molecule has 30 heavy (non-hydrogen) atoms. The average molecular weight is 435 g/mol. The highest BCUT2D eigenvalue weighted by atomic mass is 28.3. The molecule has 0 spiro atoms.